The van der Waals surface area contributed by atoms with Gasteiger partial charge in [0.05, 0.1) is 12.7 Å². The number of rotatable bonds is 2. The van der Waals surface area contributed by atoms with E-state index >= 15 is 0 Å². The minimum Gasteiger partial charge on any atom is -0.481 e. The molecule has 2 rings (SSSR count). The number of carboxylic acid groups (broad SMARTS) is 1. The molecule has 0 aliphatic rings. The Morgan fingerprint density at radius 1 is 1.44 bits per heavy atom. The van der Waals surface area contributed by atoms with E-state index < -0.39 is 11.8 Å². The molecule has 0 radical (unpaired) electrons. The molecule has 0 amide bonds. The summed E-state index contributed by atoms with van der Waals surface area (Å²) in [5, 5.41) is 9.69. The van der Waals surface area contributed by atoms with Gasteiger partial charge >= 0.3 is 5.97 Å². The second-order valence-electron chi connectivity index (χ2n) is 3.18. The van der Waals surface area contributed by atoms with Crippen molar-refractivity contribution in [1.29, 1.82) is 0 Å². The van der Waals surface area contributed by atoms with Crippen LogP contribution >= 0.6 is 0 Å². The van der Waals surface area contributed by atoms with E-state index in [1.165, 1.54) is 19.2 Å². The standard InChI is InChI=1S/C11H8FNO3/c1-16-10-7-3-2-6(12)4-8(7)9(5-13-10)11(14)15/h2-5H,1H3,(H,14,15). The number of aromatic nitrogens is 1. The second kappa shape index (κ2) is 3.77. The van der Waals surface area contributed by atoms with Crippen LogP contribution in [-0.2, 0) is 0 Å². The number of benzene rings is 1. The molecule has 0 aliphatic carbocycles. The molecule has 1 N–H and O–H groups in total. The van der Waals surface area contributed by atoms with E-state index in [1.807, 2.05) is 0 Å². The number of fused-ring (bicyclic) bond motifs is 1. The van der Waals surface area contributed by atoms with Gasteiger partial charge in [-0.25, -0.2) is 14.2 Å². The lowest BCUT2D eigenvalue weighted by molar-refractivity contribution is 0.0698. The molecule has 1 heterocycles. The van der Waals surface area contributed by atoms with Gasteiger partial charge in [-0.1, -0.05) is 0 Å². The number of carboxylic acids is 1. The van der Waals surface area contributed by atoms with Gasteiger partial charge in [0.2, 0.25) is 5.88 Å². The molecule has 0 atom stereocenters. The van der Waals surface area contributed by atoms with Crippen molar-refractivity contribution in [3.05, 3.63) is 35.8 Å². The average molecular weight is 221 g/mol. The first-order valence-electron chi connectivity index (χ1n) is 4.49. The molecule has 82 valence electrons. The van der Waals surface area contributed by atoms with Crippen LogP contribution in [0.25, 0.3) is 10.8 Å². The largest absolute Gasteiger partial charge is 0.481 e. The first kappa shape index (κ1) is 10.4. The second-order valence-corrected chi connectivity index (χ2v) is 3.18. The predicted octanol–water partition coefficient (Wildman–Crippen LogP) is 2.08. The summed E-state index contributed by atoms with van der Waals surface area (Å²) >= 11 is 0. The van der Waals surface area contributed by atoms with Crippen molar-refractivity contribution in [2.45, 2.75) is 0 Å². The molecule has 0 unspecified atom stereocenters. The summed E-state index contributed by atoms with van der Waals surface area (Å²) in [7, 11) is 1.42. The van der Waals surface area contributed by atoms with Crippen LogP contribution in [0.5, 0.6) is 5.88 Å². The Labute approximate surface area is 90.3 Å². The highest BCUT2D eigenvalue weighted by molar-refractivity contribution is 6.04. The van der Waals surface area contributed by atoms with Gasteiger partial charge in [-0.15, -0.1) is 0 Å². The number of carbonyl (C=O) groups is 1. The van der Waals surface area contributed by atoms with Gasteiger partial charge in [0, 0.05) is 17.0 Å². The monoisotopic (exact) mass is 221 g/mol. The number of nitrogens with zero attached hydrogens (tertiary/aromatic N) is 1. The van der Waals surface area contributed by atoms with Crippen LogP contribution in [0.15, 0.2) is 24.4 Å². The van der Waals surface area contributed by atoms with Crippen LogP contribution in [0.1, 0.15) is 10.4 Å². The minimum atomic E-state index is -1.15. The first-order valence-corrected chi connectivity index (χ1v) is 4.49. The molecule has 16 heavy (non-hydrogen) atoms. The molecule has 1 aromatic carbocycles. The summed E-state index contributed by atoms with van der Waals surface area (Å²) in [4.78, 5) is 14.8. The quantitative estimate of drug-likeness (QED) is 0.843. The van der Waals surface area contributed by atoms with Crippen LogP contribution in [-0.4, -0.2) is 23.2 Å². The summed E-state index contributed by atoms with van der Waals surface area (Å²) in [5.41, 5.74) is -0.0460. The van der Waals surface area contributed by atoms with Gasteiger partial charge < -0.3 is 9.84 Å². The molecule has 0 bridgehead atoms. The van der Waals surface area contributed by atoms with Crippen molar-refractivity contribution >= 4 is 16.7 Å². The van der Waals surface area contributed by atoms with Gasteiger partial charge in [0.15, 0.2) is 0 Å². The number of hydrogen-bond donors (Lipinski definition) is 1. The van der Waals surface area contributed by atoms with Crippen molar-refractivity contribution in [3.63, 3.8) is 0 Å². The van der Waals surface area contributed by atoms with E-state index in [-0.39, 0.29) is 16.8 Å². The van der Waals surface area contributed by atoms with Gasteiger partial charge in [-0.3, -0.25) is 0 Å². The van der Waals surface area contributed by atoms with Crippen molar-refractivity contribution < 1.29 is 19.0 Å². The Morgan fingerprint density at radius 3 is 2.81 bits per heavy atom. The van der Waals surface area contributed by atoms with Gasteiger partial charge in [-0.2, -0.15) is 0 Å². The van der Waals surface area contributed by atoms with Crippen LogP contribution in [0.4, 0.5) is 4.39 Å². The van der Waals surface area contributed by atoms with E-state index in [2.05, 4.69) is 4.98 Å². The maximum absolute atomic E-state index is 13.1. The Bertz CT molecular complexity index is 568. The van der Waals surface area contributed by atoms with Crippen LogP contribution in [0.2, 0.25) is 0 Å². The average Bonchev–Trinajstić information content (AvgIpc) is 2.26. The molecule has 0 spiro atoms. The highest BCUT2D eigenvalue weighted by Crippen LogP contribution is 2.26. The summed E-state index contributed by atoms with van der Waals surface area (Å²) in [6, 6.07) is 3.84. The lowest BCUT2D eigenvalue weighted by atomic mass is 10.1. The van der Waals surface area contributed by atoms with E-state index in [9.17, 15) is 9.18 Å². The van der Waals surface area contributed by atoms with Crippen LogP contribution in [0, 0.1) is 5.82 Å². The predicted molar refractivity (Wildman–Crippen MR) is 55.2 cm³/mol. The zero-order chi connectivity index (χ0) is 11.7. The molecule has 5 heteroatoms. The Hall–Kier alpha value is -2.17. The fourth-order valence-corrected chi connectivity index (χ4v) is 1.52. The molecule has 0 saturated carbocycles. The summed E-state index contributed by atoms with van der Waals surface area (Å²) in [6.45, 7) is 0. The zero-order valence-electron chi connectivity index (χ0n) is 8.40. The number of hydrogen-bond acceptors (Lipinski definition) is 3. The van der Waals surface area contributed by atoms with Crippen molar-refractivity contribution in [3.8, 4) is 5.88 Å². The number of methoxy groups -OCH3 is 1. The molecule has 1 aromatic heterocycles. The molecule has 2 aromatic rings. The lowest BCUT2D eigenvalue weighted by Gasteiger charge is -2.06. The molecule has 0 saturated heterocycles. The van der Waals surface area contributed by atoms with Crippen LogP contribution < -0.4 is 4.74 Å². The van der Waals surface area contributed by atoms with Gasteiger partial charge in [0.25, 0.3) is 0 Å². The lowest BCUT2D eigenvalue weighted by Crippen LogP contribution is -2.00. The third kappa shape index (κ3) is 1.56. The third-order valence-electron chi connectivity index (χ3n) is 2.24. The summed E-state index contributed by atoms with van der Waals surface area (Å²) in [5.74, 6) is -1.37. The molecule has 0 fully saturated rings. The van der Waals surface area contributed by atoms with E-state index in [1.54, 1.807) is 0 Å². The number of pyridine rings is 1. The Balaban J connectivity index is 2.85. The summed E-state index contributed by atoms with van der Waals surface area (Å²) < 4.78 is 18.0. The van der Waals surface area contributed by atoms with E-state index in [4.69, 9.17) is 9.84 Å². The summed E-state index contributed by atoms with van der Waals surface area (Å²) in [6.07, 6.45) is 1.16. The third-order valence-corrected chi connectivity index (χ3v) is 2.24. The molecule has 4 nitrogen and oxygen atoms in total. The first-order chi connectivity index (χ1) is 7.63. The number of halogens is 1. The maximum Gasteiger partial charge on any atom is 0.337 e. The Morgan fingerprint density at radius 2 is 2.19 bits per heavy atom. The normalized spacial score (nSPS) is 10.4. The van der Waals surface area contributed by atoms with Gasteiger partial charge in [-0.05, 0) is 18.2 Å². The van der Waals surface area contributed by atoms with Gasteiger partial charge in [0.1, 0.15) is 5.82 Å². The molecular weight excluding hydrogens is 213 g/mol. The van der Waals surface area contributed by atoms with E-state index in [0.717, 1.165) is 12.3 Å². The fraction of sp³-hybridized carbons (Fsp3) is 0.0909. The topological polar surface area (TPSA) is 59.4 Å². The number of ether oxygens (including phenoxy) is 1. The maximum atomic E-state index is 13.1. The molecule has 0 aliphatic heterocycles. The van der Waals surface area contributed by atoms with Crippen molar-refractivity contribution in [2.75, 3.05) is 7.11 Å². The van der Waals surface area contributed by atoms with Crippen molar-refractivity contribution in [2.24, 2.45) is 0 Å². The molecular formula is C11H8FNO3. The minimum absolute atomic E-state index is 0.0460. The Kier molecular flexibility index (Phi) is 2.44. The highest BCUT2D eigenvalue weighted by atomic mass is 19.1. The van der Waals surface area contributed by atoms with E-state index in [0.29, 0.717) is 5.39 Å². The zero-order valence-corrected chi connectivity index (χ0v) is 8.40. The SMILES string of the molecule is COc1ncc(C(=O)O)c2cc(F)ccc12. The van der Waals surface area contributed by atoms with Crippen LogP contribution in [0.3, 0.4) is 0 Å². The highest BCUT2D eigenvalue weighted by Gasteiger charge is 2.13. The smallest absolute Gasteiger partial charge is 0.337 e. The fourth-order valence-electron chi connectivity index (χ4n) is 1.52. The number of aromatic carboxylic acids is 1. The van der Waals surface area contributed by atoms with Crippen molar-refractivity contribution in [1.82, 2.24) is 4.98 Å².